The van der Waals surface area contributed by atoms with Gasteiger partial charge < -0.3 is 16.0 Å². The first-order valence-electron chi connectivity index (χ1n) is 8.59. The molecule has 24 heavy (non-hydrogen) atoms. The molecular formula is C18H26ClN3O2. The summed E-state index contributed by atoms with van der Waals surface area (Å²) in [6, 6.07) is 6.92. The number of nitrogens with two attached hydrogens (primary N) is 1. The van der Waals surface area contributed by atoms with Crippen LogP contribution in [0.25, 0.3) is 0 Å². The minimum Gasteiger partial charge on any atom is -0.333 e. The van der Waals surface area contributed by atoms with Gasteiger partial charge in [0, 0.05) is 23.2 Å². The van der Waals surface area contributed by atoms with Gasteiger partial charge in [-0.15, -0.1) is 0 Å². The van der Waals surface area contributed by atoms with Gasteiger partial charge in [0.15, 0.2) is 0 Å². The van der Waals surface area contributed by atoms with E-state index < -0.39 is 0 Å². The van der Waals surface area contributed by atoms with Crippen molar-refractivity contribution >= 4 is 29.1 Å². The molecule has 1 fully saturated rings. The summed E-state index contributed by atoms with van der Waals surface area (Å²) in [5.41, 5.74) is 6.47. The Kier molecular flexibility index (Phi) is 7.06. The van der Waals surface area contributed by atoms with Crippen LogP contribution in [0.4, 0.5) is 5.69 Å². The molecule has 1 aromatic carbocycles. The van der Waals surface area contributed by atoms with Crippen molar-refractivity contribution in [3.63, 3.8) is 0 Å². The van der Waals surface area contributed by atoms with Crippen LogP contribution in [0.3, 0.4) is 0 Å². The zero-order valence-electron chi connectivity index (χ0n) is 14.1. The van der Waals surface area contributed by atoms with Gasteiger partial charge in [0.05, 0.1) is 6.54 Å². The largest absolute Gasteiger partial charge is 0.333 e. The molecule has 1 aromatic rings. The molecule has 3 N–H and O–H groups in total. The molecule has 1 saturated carbocycles. The van der Waals surface area contributed by atoms with Crippen LogP contribution in [0.5, 0.6) is 0 Å². The van der Waals surface area contributed by atoms with Crippen LogP contribution in [-0.2, 0) is 9.59 Å². The second-order valence-electron chi connectivity index (χ2n) is 6.35. The molecule has 0 saturated heterocycles. The van der Waals surface area contributed by atoms with Crippen LogP contribution < -0.4 is 11.1 Å². The van der Waals surface area contributed by atoms with E-state index in [1.165, 1.54) is 0 Å². The molecule has 6 heteroatoms. The average Bonchev–Trinajstić information content (AvgIpc) is 3.04. The van der Waals surface area contributed by atoms with Crippen LogP contribution in [-0.4, -0.2) is 36.3 Å². The minimum atomic E-state index is -0.193. The Morgan fingerprint density at radius 2 is 2.00 bits per heavy atom. The van der Waals surface area contributed by atoms with E-state index in [0.717, 1.165) is 25.7 Å². The fourth-order valence-corrected chi connectivity index (χ4v) is 3.45. The lowest BCUT2D eigenvalue weighted by molar-refractivity contribution is -0.139. The third-order valence-electron chi connectivity index (χ3n) is 4.55. The van der Waals surface area contributed by atoms with Gasteiger partial charge in [-0.05, 0) is 56.0 Å². The maximum absolute atomic E-state index is 12.8. The van der Waals surface area contributed by atoms with Gasteiger partial charge in [0.2, 0.25) is 11.8 Å². The first kappa shape index (κ1) is 18.7. The highest BCUT2D eigenvalue weighted by Crippen LogP contribution is 2.32. The molecule has 0 radical (unpaired) electrons. The molecule has 0 aromatic heterocycles. The van der Waals surface area contributed by atoms with Crippen molar-refractivity contribution < 1.29 is 9.59 Å². The highest BCUT2D eigenvalue weighted by Gasteiger charge is 2.34. The highest BCUT2D eigenvalue weighted by atomic mass is 35.5. The van der Waals surface area contributed by atoms with Crippen LogP contribution in [0.15, 0.2) is 24.3 Å². The highest BCUT2D eigenvalue weighted by molar-refractivity contribution is 6.30. The van der Waals surface area contributed by atoms with E-state index in [4.69, 9.17) is 17.3 Å². The maximum Gasteiger partial charge on any atom is 0.243 e. The number of hydrogen-bond donors (Lipinski definition) is 2. The lowest BCUT2D eigenvalue weighted by atomic mass is 9.94. The molecule has 1 aliphatic carbocycles. The Morgan fingerprint density at radius 1 is 1.29 bits per heavy atom. The van der Waals surface area contributed by atoms with E-state index in [2.05, 4.69) is 5.32 Å². The Labute approximate surface area is 148 Å². The first-order valence-corrected chi connectivity index (χ1v) is 8.97. The van der Waals surface area contributed by atoms with E-state index in [1.807, 2.05) is 6.92 Å². The van der Waals surface area contributed by atoms with Gasteiger partial charge in [0.1, 0.15) is 0 Å². The normalized spacial score (nSPS) is 20.0. The summed E-state index contributed by atoms with van der Waals surface area (Å²) >= 11 is 5.84. The number of benzene rings is 1. The van der Waals surface area contributed by atoms with Gasteiger partial charge in [-0.3, -0.25) is 9.59 Å². The van der Waals surface area contributed by atoms with Gasteiger partial charge in [-0.1, -0.05) is 24.9 Å². The minimum absolute atomic E-state index is 0.0371. The summed E-state index contributed by atoms with van der Waals surface area (Å²) in [5.74, 6) is 0.0820. The maximum atomic E-state index is 12.8. The molecular weight excluding hydrogens is 326 g/mol. The van der Waals surface area contributed by atoms with Gasteiger partial charge >= 0.3 is 0 Å². The molecule has 2 rings (SSSR count). The van der Waals surface area contributed by atoms with Gasteiger partial charge in [0.25, 0.3) is 0 Å². The molecule has 0 unspecified atom stereocenters. The molecule has 1 aliphatic rings. The summed E-state index contributed by atoms with van der Waals surface area (Å²) in [6.07, 6.45) is 3.73. The average molecular weight is 352 g/mol. The molecule has 0 bridgehead atoms. The van der Waals surface area contributed by atoms with Crippen molar-refractivity contribution in [1.29, 1.82) is 0 Å². The summed E-state index contributed by atoms with van der Waals surface area (Å²) in [4.78, 5) is 26.8. The van der Waals surface area contributed by atoms with Crippen LogP contribution >= 0.6 is 11.6 Å². The lowest BCUT2D eigenvalue weighted by Crippen LogP contribution is -2.43. The van der Waals surface area contributed by atoms with E-state index in [-0.39, 0.29) is 30.2 Å². The SMILES string of the molecule is CCCN(CC(=O)Nc1ccc(Cl)cc1)C(=O)[C@@H]1CCC[C@@H]1CN. The second kappa shape index (κ2) is 9.04. The standard InChI is InChI=1S/C18H26ClN3O2/c1-2-10-22(18(24)16-5-3-4-13(16)11-20)12-17(23)21-15-8-6-14(19)7-9-15/h6-9,13,16H,2-5,10-12,20H2,1H3,(H,21,23)/t13-,16-/m1/s1. The number of rotatable bonds is 7. The molecule has 132 valence electrons. The topological polar surface area (TPSA) is 75.4 Å². The smallest absolute Gasteiger partial charge is 0.243 e. The number of halogens is 1. The van der Waals surface area contributed by atoms with Gasteiger partial charge in [-0.25, -0.2) is 0 Å². The zero-order valence-corrected chi connectivity index (χ0v) is 14.9. The molecule has 0 heterocycles. The summed E-state index contributed by atoms with van der Waals surface area (Å²) in [6.45, 7) is 3.20. The predicted octanol–water partition coefficient (Wildman–Crippen LogP) is 2.89. The Bertz CT molecular complexity index is 562. The van der Waals surface area contributed by atoms with Gasteiger partial charge in [-0.2, -0.15) is 0 Å². The number of nitrogens with zero attached hydrogens (tertiary/aromatic N) is 1. The zero-order chi connectivity index (χ0) is 17.5. The van der Waals surface area contributed by atoms with Crippen molar-refractivity contribution in [2.75, 3.05) is 25.0 Å². The van der Waals surface area contributed by atoms with E-state index in [9.17, 15) is 9.59 Å². The summed E-state index contributed by atoms with van der Waals surface area (Å²) in [7, 11) is 0. The van der Waals surface area contributed by atoms with E-state index in [1.54, 1.807) is 29.2 Å². The summed E-state index contributed by atoms with van der Waals surface area (Å²) < 4.78 is 0. The number of hydrogen-bond acceptors (Lipinski definition) is 3. The number of carbonyl (C=O) groups is 2. The monoisotopic (exact) mass is 351 g/mol. The number of amides is 2. The quantitative estimate of drug-likeness (QED) is 0.793. The van der Waals surface area contributed by atoms with E-state index >= 15 is 0 Å². The first-order chi connectivity index (χ1) is 11.5. The third-order valence-corrected chi connectivity index (χ3v) is 4.80. The van der Waals surface area contributed by atoms with Crippen molar-refractivity contribution in [1.82, 2.24) is 4.90 Å². The molecule has 2 atom stereocenters. The Balaban J connectivity index is 1.97. The number of anilines is 1. The number of carbonyl (C=O) groups excluding carboxylic acids is 2. The number of nitrogens with one attached hydrogen (secondary N) is 1. The van der Waals surface area contributed by atoms with Crippen molar-refractivity contribution in [2.45, 2.75) is 32.6 Å². The molecule has 2 amide bonds. The van der Waals surface area contributed by atoms with E-state index in [0.29, 0.717) is 23.8 Å². The van der Waals surface area contributed by atoms with Crippen molar-refractivity contribution in [2.24, 2.45) is 17.6 Å². The lowest BCUT2D eigenvalue weighted by Gasteiger charge is -2.27. The Morgan fingerprint density at radius 3 is 2.62 bits per heavy atom. The van der Waals surface area contributed by atoms with Crippen molar-refractivity contribution in [3.05, 3.63) is 29.3 Å². The summed E-state index contributed by atoms with van der Waals surface area (Å²) in [5, 5.41) is 3.43. The predicted molar refractivity (Wildman–Crippen MR) is 96.8 cm³/mol. The molecule has 5 nitrogen and oxygen atoms in total. The van der Waals surface area contributed by atoms with Crippen LogP contribution in [0.1, 0.15) is 32.6 Å². The fourth-order valence-electron chi connectivity index (χ4n) is 3.32. The van der Waals surface area contributed by atoms with Crippen LogP contribution in [0.2, 0.25) is 5.02 Å². The molecule has 0 spiro atoms. The second-order valence-corrected chi connectivity index (χ2v) is 6.78. The fraction of sp³-hybridized carbons (Fsp3) is 0.556. The third kappa shape index (κ3) is 4.95. The Hall–Kier alpha value is -1.59. The molecule has 0 aliphatic heterocycles. The van der Waals surface area contributed by atoms with Crippen molar-refractivity contribution in [3.8, 4) is 0 Å². The van der Waals surface area contributed by atoms with Crippen LogP contribution in [0, 0.1) is 11.8 Å².